The number of nitrogens with one attached hydrogen (secondary N) is 2. The molecule has 0 bridgehead atoms. The van der Waals surface area contributed by atoms with Gasteiger partial charge in [0, 0.05) is 6.08 Å². The van der Waals surface area contributed by atoms with Crippen LogP contribution in [0.15, 0.2) is 54.6 Å². The van der Waals surface area contributed by atoms with Crippen molar-refractivity contribution in [1.29, 1.82) is 0 Å². The highest BCUT2D eigenvalue weighted by Crippen LogP contribution is 2.18. The Balaban J connectivity index is 2.06. The fourth-order valence-electron chi connectivity index (χ4n) is 2.52. The molecule has 0 aliphatic rings. The molecule has 2 aromatic carbocycles. The highest BCUT2D eigenvalue weighted by atomic mass is 19.1. The lowest BCUT2D eigenvalue weighted by Gasteiger charge is -2.20. The zero-order valence-electron chi connectivity index (χ0n) is 14.8. The van der Waals surface area contributed by atoms with Gasteiger partial charge in [-0.3, -0.25) is 4.79 Å². The average molecular weight is 343 g/mol. The molecule has 0 aliphatic carbocycles. The number of hydrogen-bond acceptors (Lipinski definition) is 2. The second-order valence-electron chi connectivity index (χ2n) is 6.11. The maximum atomic E-state index is 13.7. The molecule has 0 heterocycles. The van der Waals surface area contributed by atoms with Crippen molar-refractivity contribution < 1.29 is 18.8 Å². The van der Waals surface area contributed by atoms with E-state index in [0.29, 0.717) is 5.56 Å². The average Bonchev–Trinajstić information content (AvgIpc) is 2.60. The Labute approximate surface area is 147 Å². The van der Waals surface area contributed by atoms with Crippen molar-refractivity contribution >= 4 is 12.0 Å². The molecule has 0 fully saturated rings. The van der Waals surface area contributed by atoms with E-state index in [1.54, 1.807) is 12.1 Å². The normalized spacial score (nSPS) is 12.4. The van der Waals surface area contributed by atoms with E-state index in [0.717, 1.165) is 12.1 Å². The molecule has 0 radical (unpaired) electrons. The molecule has 5 heteroatoms. The summed E-state index contributed by atoms with van der Waals surface area (Å²) in [7, 11) is 5.49. The van der Waals surface area contributed by atoms with E-state index in [4.69, 9.17) is 4.74 Å². The Bertz CT molecular complexity index is 730. The molecule has 2 aromatic rings. The van der Waals surface area contributed by atoms with Gasteiger partial charge in [-0.25, -0.2) is 4.39 Å². The van der Waals surface area contributed by atoms with Crippen LogP contribution in [0.5, 0.6) is 5.75 Å². The summed E-state index contributed by atoms with van der Waals surface area (Å²) in [6.45, 7) is 0.765. The van der Waals surface area contributed by atoms with Crippen LogP contribution in [-0.2, 0) is 4.79 Å². The van der Waals surface area contributed by atoms with Gasteiger partial charge in [0.2, 0.25) is 5.91 Å². The smallest absolute Gasteiger partial charge is 0.244 e. The van der Waals surface area contributed by atoms with Crippen molar-refractivity contribution in [3.8, 4) is 5.75 Å². The van der Waals surface area contributed by atoms with E-state index >= 15 is 0 Å². The Hall–Kier alpha value is -2.66. The van der Waals surface area contributed by atoms with Crippen LogP contribution in [0.3, 0.4) is 0 Å². The summed E-state index contributed by atoms with van der Waals surface area (Å²) in [5.74, 6) is -0.491. The second kappa shape index (κ2) is 8.99. The topological polar surface area (TPSA) is 42.8 Å². The van der Waals surface area contributed by atoms with Crippen molar-refractivity contribution in [2.75, 3.05) is 27.7 Å². The molecule has 0 unspecified atom stereocenters. The maximum Gasteiger partial charge on any atom is 0.244 e. The molecule has 1 atom stereocenters. The van der Waals surface area contributed by atoms with Gasteiger partial charge in [-0.15, -0.1) is 0 Å². The molecular formula is C20H24FN2O2+. The molecule has 0 saturated carbocycles. The summed E-state index contributed by atoms with van der Waals surface area (Å²) in [4.78, 5) is 13.5. The van der Waals surface area contributed by atoms with Crippen molar-refractivity contribution in [3.63, 3.8) is 0 Å². The molecule has 25 heavy (non-hydrogen) atoms. The van der Waals surface area contributed by atoms with Gasteiger partial charge in [0.15, 0.2) is 11.6 Å². The van der Waals surface area contributed by atoms with Crippen molar-refractivity contribution in [2.24, 2.45) is 0 Å². The molecule has 0 saturated heterocycles. The largest absolute Gasteiger partial charge is 0.494 e. The van der Waals surface area contributed by atoms with Crippen molar-refractivity contribution in [3.05, 3.63) is 71.6 Å². The number of ether oxygens (including phenoxy) is 1. The van der Waals surface area contributed by atoms with E-state index in [9.17, 15) is 9.18 Å². The van der Waals surface area contributed by atoms with E-state index in [1.807, 2.05) is 44.4 Å². The van der Waals surface area contributed by atoms with Crippen LogP contribution in [0.1, 0.15) is 17.2 Å². The Morgan fingerprint density at radius 2 is 1.96 bits per heavy atom. The summed E-state index contributed by atoms with van der Waals surface area (Å²) in [5, 5.41) is 3.01. The van der Waals surface area contributed by atoms with Gasteiger partial charge in [-0.05, 0) is 29.3 Å². The number of rotatable bonds is 7. The Kier molecular flexibility index (Phi) is 6.71. The van der Waals surface area contributed by atoms with E-state index < -0.39 is 5.82 Å². The van der Waals surface area contributed by atoms with Crippen LogP contribution in [-0.4, -0.2) is 33.7 Å². The zero-order valence-corrected chi connectivity index (χ0v) is 14.8. The molecule has 2 rings (SSSR count). The first-order chi connectivity index (χ1) is 12.0. The summed E-state index contributed by atoms with van der Waals surface area (Å²) >= 11 is 0. The monoisotopic (exact) mass is 343 g/mol. The number of carbonyl (C=O) groups excluding carboxylic acids is 1. The van der Waals surface area contributed by atoms with Crippen LogP contribution in [0.25, 0.3) is 6.08 Å². The molecule has 0 aliphatic heterocycles. The number of quaternary nitrogens is 1. The minimum atomic E-state index is -0.455. The lowest BCUT2D eigenvalue weighted by molar-refractivity contribution is -0.860. The van der Waals surface area contributed by atoms with Gasteiger partial charge in [0.25, 0.3) is 0 Å². The highest BCUT2D eigenvalue weighted by Gasteiger charge is 2.16. The molecule has 0 aromatic heterocycles. The molecule has 0 spiro atoms. The number of methoxy groups -OCH3 is 1. The summed E-state index contributed by atoms with van der Waals surface area (Å²) in [6, 6.07) is 14.3. The molecule has 2 N–H and O–H groups in total. The zero-order chi connectivity index (χ0) is 18.2. The number of halogens is 1. The van der Waals surface area contributed by atoms with E-state index in [-0.39, 0.29) is 17.7 Å². The maximum absolute atomic E-state index is 13.7. The second-order valence-corrected chi connectivity index (χ2v) is 6.11. The van der Waals surface area contributed by atoms with Crippen LogP contribution in [0.4, 0.5) is 4.39 Å². The van der Waals surface area contributed by atoms with Gasteiger partial charge in [0.1, 0.15) is 12.6 Å². The number of hydrogen-bond donors (Lipinski definition) is 2. The summed E-state index contributed by atoms with van der Waals surface area (Å²) in [6.07, 6.45) is 3.00. The van der Waals surface area contributed by atoms with Crippen molar-refractivity contribution in [2.45, 2.75) is 6.04 Å². The SMILES string of the molecule is COc1ccc(/C=C/C(=O)N[C@@H](C[NH+](C)C)c2ccccc2)cc1F. The third-order valence-electron chi connectivity index (χ3n) is 3.73. The molecular weight excluding hydrogens is 319 g/mol. The van der Waals surface area contributed by atoms with Crippen LogP contribution >= 0.6 is 0 Å². The van der Waals surface area contributed by atoms with Gasteiger partial charge in [-0.1, -0.05) is 36.4 Å². The molecule has 1 amide bonds. The number of carbonyl (C=O) groups is 1. The first-order valence-electron chi connectivity index (χ1n) is 8.15. The minimum absolute atomic E-state index is 0.0871. The Morgan fingerprint density at radius 3 is 2.56 bits per heavy atom. The van der Waals surface area contributed by atoms with Crippen LogP contribution < -0.4 is 15.0 Å². The highest BCUT2D eigenvalue weighted by molar-refractivity contribution is 5.92. The Morgan fingerprint density at radius 1 is 1.24 bits per heavy atom. The lowest BCUT2D eigenvalue weighted by atomic mass is 10.1. The first kappa shape index (κ1) is 18.7. The molecule has 4 nitrogen and oxygen atoms in total. The minimum Gasteiger partial charge on any atom is -0.494 e. The quantitative estimate of drug-likeness (QED) is 0.754. The summed E-state index contributed by atoms with van der Waals surface area (Å²) < 4.78 is 18.6. The predicted octanol–water partition coefficient (Wildman–Crippen LogP) is 1.85. The van der Waals surface area contributed by atoms with E-state index in [2.05, 4.69) is 5.32 Å². The van der Waals surface area contributed by atoms with Gasteiger partial charge < -0.3 is 15.0 Å². The predicted molar refractivity (Wildman–Crippen MR) is 97.0 cm³/mol. The summed E-state index contributed by atoms with van der Waals surface area (Å²) in [5.41, 5.74) is 1.66. The third kappa shape index (κ3) is 5.72. The fourth-order valence-corrected chi connectivity index (χ4v) is 2.52. The van der Waals surface area contributed by atoms with Gasteiger partial charge >= 0.3 is 0 Å². The first-order valence-corrected chi connectivity index (χ1v) is 8.15. The third-order valence-corrected chi connectivity index (χ3v) is 3.73. The fraction of sp³-hybridized carbons (Fsp3) is 0.250. The van der Waals surface area contributed by atoms with Crippen molar-refractivity contribution in [1.82, 2.24) is 5.32 Å². The van der Waals surface area contributed by atoms with Gasteiger partial charge in [-0.2, -0.15) is 0 Å². The number of benzene rings is 2. The van der Waals surface area contributed by atoms with E-state index in [1.165, 1.54) is 30.2 Å². The van der Waals surface area contributed by atoms with Crippen LogP contribution in [0, 0.1) is 5.82 Å². The molecule has 132 valence electrons. The number of amides is 1. The lowest BCUT2D eigenvalue weighted by Crippen LogP contribution is -3.06. The standard InChI is InChI=1S/C20H23FN2O2/c1-23(2)14-18(16-7-5-4-6-8-16)22-20(24)12-10-15-9-11-19(25-3)17(21)13-15/h4-13,18H,14H2,1-3H3,(H,22,24)/p+1/b12-10+/t18-/m0/s1. The van der Waals surface area contributed by atoms with Gasteiger partial charge in [0.05, 0.1) is 21.2 Å². The number of likely N-dealkylation sites (N-methyl/N-ethyl adjacent to an activating group) is 1. The van der Waals surface area contributed by atoms with Crippen LogP contribution in [0.2, 0.25) is 0 Å².